The number of hydrogen-bond acceptors (Lipinski definition) is 5. The van der Waals surface area contributed by atoms with Crippen molar-refractivity contribution in [1.29, 1.82) is 0 Å². The number of ether oxygens (including phenoxy) is 1. The minimum absolute atomic E-state index is 0.524. The number of rotatable bonds is 1. The molecule has 27 heavy (non-hydrogen) atoms. The van der Waals surface area contributed by atoms with Crippen LogP contribution in [-0.4, -0.2) is 57.0 Å². The first-order valence-corrected chi connectivity index (χ1v) is 8.54. The molecule has 0 bridgehead atoms. The first kappa shape index (κ1) is 19.1. The molecule has 1 fully saturated rings. The molecule has 3 rings (SSSR count). The van der Waals surface area contributed by atoms with Gasteiger partial charge in [-0.2, -0.15) is 0 Å². The highest BCUT2D eigenvalue weighted by atomic mass is 16.5. The first-order valence-electron chi connectivity index (χ1n) is 8.54. The third-order valence-electron chi connectivity index (χ3n) is 4.35. The molecule has 5 nitrogen and oxygen atoms in total. The van der Waals surface area contributed by atoms with Gasteiger partial charge in [-0.15, -0.1) is 0 Å². The summed E-state index contributed by atoms with van der Waals surface area (Å²) in [5.41, 5.74) is -0.796. The molecule has 1 aliphatic heterocycles. The molecule has 5 heteroatoms. The molecule has 0 radical (unpaired) electrons. The fourth-order valence-corrected chi connectivity index (χ4v) is 2.78. The summed E-state index contributed by atoms with van der Waals surface area (Å²) in [4.78, 5) is 0. The molecule has 5 atom stereocenters. The predicted octanol–water partition coefficient (Wildman–Crippen LogP) is 0.302. The zero-order valence-electron chi connectivity index (χ0n) is 14.5. The van der Waals surface area contributed by atoms with E-state index in [9.17, 15) is 20.4 Å². The SMILES string of the molecule is OC[C@H]1O[C@H](C#Cc2ccccc2)[C@](O)(C#Cc2ccccc2)[C@@H](O)[C@@H]1O. The van der Waals surface area contributed by atoms with Crippen LogP contribution in [-0.2, 0) is 4.74 Å². The fraction of sp³-hybridized carbons (Fsp3) is 0.273. The maximum Gasteiger partial charge on any atom is 0.191 e. The second-order valence-corrected chi connectivity index (χ2v) is 6.25. The molecule has 2 aromatic carbocycles. The highest BCUT2D eigenvalue weighted by Crippen LogP contribution is 2.29. The van der Waals surface area contributed by atoms with Crippen LogP contribution in [0.1, 0.15) is 11.1 Å². The molecule has 2 aromatic rings. The summed E-state index contributed by atoms with van der Waals surface area (Å²) in [5.74, 6) is 11.0. The molecule has 1 heterocycles. The summed E-state index contributed by atoms with van der Waals surface area (Å²) in [6.45, 7) is -0.524. The van der Waals surface area contributed by atoms with E-state index < -0.39 is 36.6 Å². The van der Waals surface area contributed by atoms with E-state index in [1.165, 1.54) is 0 Å². The van der Waals surface area contributed by atoms with Gasteiger partial charge in [0.05, 0.1) is 6.61 Å². The number of benzene rings is 2. The molecular weight excluding hydrogens is 344 g/mol. The van der Waals surface area contributed by atoms with Gasteiger partial charge in [-0.1, -0.05) is 60.1 Å². The molecular formula is C22H20O5. The number of aliphatic hydroxyl groups is 4. The van der Waals surface area contributed by atoms with E-state index >= 15 is 0 Å². The van der Waals surface area contributed by atoms with E-state index in [0.29, 0.717) is 11.1 Å². The largest absolute Gasteiger partial charge is 0.394 e. The van der Waals surface area contributed by atoms with Crippen molar-refractivity contribution in [3.05, 3.63) is 71.8 Å². The van der Waals surface area contributed by atoms with Crippen molar-refractivity contribution in [2.75, 3.05) is 6.61 Å². The minimum atomic E-state index is -2.12. The van der Waals surface area contributed by atoms with Gasteiger partial charge in [0.2, 0.25) is 0 Å². The predicted molar refractivity (Wildman–Crippen MR) is 99.4 cm³/mol. The van der Waals surface area contributed by atoms with Crippen LogP contribution >= 0.6 is 0 Å². The van der Waals surface area contributed by atoms with Crippen LogP contribution in [0.2, 0.25) is 0 Å². The lowest BCUT2D eigenvalue weighted by atomic mass is 9.82. The molecule has 0 aromatic heterocycles. The second-order valence-electron chi connectivity index (χ2n) is 6.25. The Morgan fingerprint density at radius 2 is 1.44 bits per heavy atom. The first-order chi connectivity index (χ1) is 13.0. The van der Waals surface area contributed by atoms with Crippen LogP contribution in [0.5, 0.6) is 0 Å². The molecule has 1 aliphatic rings. The molecule has 1 saturated heterocycles. The zero-order valence-corrected chi connectivity index (χ0v) is 14.5. The van der Waals surface area contributed by atoms with Crippen LogP contribution in [0, 0.1) is 23.7 Å². The Kier molecular flexibility index (Phi) is 5.93. The molecule has 0 aliphatic carbocycles. The number of hydrogen-bond donors (Lipinski definition) is 4. The van der Waals surface area contributed by atoms with E-state index in [-0.39, 0.29) is 0 Å². The Morgan fingerprint density at radius 3 is 2.00 bits per heavy atom. The topological polar surface area (TPSA) is 90.2 Å². The zero-order chi connectivity index (χ0) is 19.3. The van der Waals surface area contributed by atoms with Crippen molar-refractivity contribution in [1.82, 2.24) is 0 Å². The lowest BCUT2D eigenvalue weighted by Gasteiger charge is -2.43. The number of aliphatic hydroxyl groups excluding tert-OH is 3. The fourth-order valence-electron chi connectivity index (χ4n) is 2.78. The highest BCUT2D eigenvalue weighted by Gasteiger charge is 2.53. The smallest absolute Gasteiger partial charge is 0.191 e. The van der Waals surface area contributed by atoms with Crippen LogP contribution in [0.15, 0.2) is 60.7 Å². The van der Waals surface area contributed by atoms with E-state index in [2.05, 4.69) is 23.7 Å². The second kappa shape index (κ2) is 8.37. The van der Waals surface area contributed by atoms with Crippen molar-refractivity contribution in [3.63, 3.8) is 0 Å². The van der Waals surface area contributed by atoms with Gasteiger partial charge in [0.1, 0.15) is 18.3 Å². The Hall–Kier alpha value is -2.64. The lowest BCUT2D eigenvalue weighted by Crippen LogP contribution is -2.65. The van der Waals surface area contributed by atoms with Gasteiger partial charge >= 0.3 is 0 Å². The third kappa shape index (κ3) is 4.20. The van der Waals surface area contributed by atoms with Crippen LogP contribution < -0.4 is 0 Å². The summed E-state index contributed by atoms with van der Waals surface area (Å²) in [6, 6.07) is 18.0. The maximum absolute atomic E-state index is 11.0. The molecule has 0 unspecified atom stereocenters. The molecule has 0 spiro atoms. The van der Waals surface area contributed by atoms with Gasteiger partial charge in [-0.05, 0) is 24.3 Å². The van der Waals surface area contributed by atoms with Crippen molar-refractivity contribution in [3.8, 4) is 23.7 Å². The third-order valence-corrected chi connectivity index (χ3v) is 4.35. The van der Waals surface area contributed by atoms with Crippen molar-refractivity contribution in [2.24, 2.45) is 0 Å². The standard InChI is InChI=1S/C22H20O5/c23-15-18-20(24)21(25)22(26,14-13-17-9-5-2-6-10-17)19(27-18)12-11-16-7-3-1-4-8-16/h1-10,18-21,23-26H,15H2/t18-,19-,20-,21+,22-/m1/s1. The van der Waals surface area contributed by atoms with E-state index in [1.54, 1.807) is 36.4 Å². The summed E-state index contributed by atoms with van der Waals surface area (Å²) < 4.78 is 5.56. The van der Waals surface area contributed by atoms with Crippen molar-refractivity contribution < 1.29 is 25.2 Å². The molecule has 4 N–H and O–H groups in total. The normalized spacial score (nSPS) is 29.8. The Bertz CT molecular complexity index is 875. The van der Waals surface area contributed by atoms with E-state index in [4.69, 9.17) is 4.74 Å². The molecule has 0 amide bonds. The summed E-state index contributed by atoms with van der Waals surface area (Å²) in [6.07, 6.45) is -5.45. The van der Waals surface area contributed by atoms with Gasteiger partial charge in [-0.3, -0.25) is 0 Å². The van der Waals surface area contributed by atoms with Crippen molar-refractivity contribution in [2.45, 2.75) is 30.0 Å². The van der Waals surface area contributed by atoms with E-state index in [0.717, 1.165) is 0 Å². The van der Waals surface area contributed by atoms with E-state index in [1.807, 2.05) is 24.3 Å². The van der Waals surface area contributed by atoms with Crippen LogP contribution in [0.25, 0.3) is 0 Å². The van der Waals surface area contributed by atoms with Crippen molar-refractivity contribution >= 4 is 0 Å². The average Bonchev–Trinajstić information content (AvgIpc) is 2.72. The highest BCUT2D eigenvalue weighted by molar-refractivity contribution is 5.41. The maximum atomic E-state index is 11.0. The van der Waals surface area contributed by atoms with Gasteiger partial charge in [0.15, 0.2) is 11.7 Å². The Morgan fingerprint density at radius 1 is 0.889 bits per heavy atom. The molecule has 0 saturated carbocycles. The minimum Gasteiger partial charge on any atom is -0.394 e. The lowest BCUT2D eigenvalue weighted by molar-refractivity contribution is -0.239. The van der Waals surface area contributed by atoms with Crippen LogP contribution in [0.4, 0.5) is 0 Å². The van der Waals surface area contributed by atoms with Crippen LogP contribution in [0.3, 0.4) is 0 Å². The van der Waals surface area contributed by atoms with Gasteiger partial charge in [-0.25, -0.2) is 0 Å². The Labute approximate surface area is 157 Å². The Balaban J connectivity index is 1.98. The summed E-state index contributed by atoms with van der Waals surface area (Å²) >= 11 is 0. The molecule has 138 valence electrons. The monoisotopic (exact) mass is 364 g/mol. The van der Waals surface area contributed by atoms with Gasteiger partial charge in [0.25, 0.3) is 0 Å². The average molecular weight is 364 g/mol. The quantitative estimate of drug-likeness (QED) is 0.547. The van der Waals surface area contributed by atoms with Gasteiger partial charge in [0, 0.05) is 11.1 Å². The summed E-state index contributed by atoms with van der Waals surface area (Å²) in [5, 5.41) is 41.1. The van der Waals surface area contributed by atoms with Gasteiger partial charge < -0.3 is 25.2 Å². The summed E-state index contributed by atoms with van der Waals surface area (Å²) in [7, 11) is 0.